The van der Waals surface area contributed by atoms with Crippen molar-refractivity contribution in [3.63, 3.8) is 0 Å². The second kappa shape index (κ2) is 7.82. The molecule has 0 fully saturated rings. The lowest BCUT2D eigenvalue weighted by Gasteiger charge is -2.11. The van der Waals surface area contributed by atoms with E-state index in [1.807, 2.05) is 12.1 Å². The third kappa shape index (κ3) is 3.52. The fourth-order valence-electron chi connectivity index (χ4n) is 3.49. The SMILES string of the molecule is COc1ccnc2c(=O)n([C@@H](C)c3nc(-c4cccc(C(C)C)c4)n(C)n3)c(=O)oc12. The molecular formula is C22H23N5O4. The van der Waals surface area contributed by atoms with E-state index in [4.69, 9.17) is 9.15 Å². The Morgan fingerprint density at radius 1 is 1.13 bits per heavy atom. The highest BCUT2D eigenvalue weighted by Gasteiger charge is 2.23. The van der Waals surface area contributed by atoms with Crippen LogP contribution in [-0.2, 0) is 7.05 Å². The Morgan fingerprint density at radius 3 is 2.61 bits per heavy atom. The molecule has 4 aromatic rings. The monoisotopic (exact) mass is 421 g/mol. The molecular weight excluding hydrogens is 398 g/mol. The van der Waals surface area contributed by atoms with E-state index >= 15 is 0 Å². The van der Waals surface area contributed by atoms with Gasteiger partial charge >= 0.3 is 5.76 Å². The van der Waals surface area contributed by atoms with Gasteiger partial charge in [-0.15, -0.1) is 0 Å². The summed E-state index contributed by atoms with van der Waals surface area (Å²) in [4.78, 5) is 34.4. The maximum Gasteiger partial charge on any atom is 0.423 e. The van der Waals surface area contributed by atoms with Gasteiger partial charge in [-0.1, -0.05) is 32.0 Å². The molecule has 9 heteroatoms. The lowest BCUT2D eigenvalue weighted by atomic mass is 10.0. The number of ether oxygens (including phenoxy) is 1. The van der Waals surface area contributed by atoms with E-state index < -0.39 is 17.4 Å². The molecule has 0 spiro atoms. The smallest absolute Gasteiger partial charge is 0.423 e. The Labute approximate surface area is 177 Å². The predicted octanol–water partition coefficient (Wildman–Crippen LogP) is 2.89. The third-order valence-electron chi connectivity index (χ3n) is 5.25. The van der Waals surface area contributed by atoms with E-state index in [-0.39, 0.29) is 16.8 Å². The summed E-state index contributed by atoms with van der Waals surface area (Å²) in [6, 6.07) is 8.83. The van der Waals surface area contributed by atoms with Crippen molar-refractivity contribution in [2.75, 3.05) is 7.11 Å². The third-order valence-corrected chi connectivity index (χ3v) is 5.25. The number of pyridine rings is 1. The zero-order chi connectivity index (χ0) is 22.3. The second-order valence-corrected chi connectivity index (χ2v) is 7.61. The highest BCUT2D eigenvalue weighted by molar-refractivity contribution is 5.77. The Balaban J connectivity index is 1.81. The standard InChI is InChI=1S/C22H23N5O4/c1-12(2)14-7-6-8-15(11-14)20-24-19(25-26(20)4)13(3)27-21(28)17-18(31-22(27)29)16(30-5)9-10-23-17/h6-13H,1-5H3/t13-/m0/s1. The number of aromatic nitrogens is 5. The minimum atomic E-state index is -0.827. The van der Waals surface area contributed by atoms with E-state index in [2.05, 4.69) is 41.0 Å². The molecule has 3 aromatic heterocycles. The molecule has 9 nitrogen and oxygen atoms in total. The number of rotatable bonds is 5. The normalized spacial score (nSPS) is 12.5. The summed E-state index contributed by atoms with van der Waals surface area (Å²) < 4.78 is 13.1. The van der Waals surface area contributed by atoms with Crippen molar-refractivity contribution in [1.82, 2.24) is 24.3 Å². The minimum Gasteiger partial charge on any atom is -0.493 e. The molecule has 3 heterocycles. The van der Waals surface area contributed by atoms with Crippen LogP contribution in [0.1, 0.15) is 44.1 Å². The molecule has 0 bridgehead atoms. The van der Waals surface area contributed by atoms with Crippen LogP contribution in [0.5, 0.6) is 5.75 Å². The van der Waals surface area contributed by atoms with Crippen molar-refractivity contribution in [3.05, 3.63) is 68.8 Å². The van der Waals surface area contributed by atoms with Gasteiger partial charge in [0, 0.05) is 24.9 Å². The largest absolute Gasteiger partial charge is 0.493 e. The Hall–Kier alpha value is -3.75. The molecule has 0 aliphatic heterocycles. The van der Waals surface area contributed by atoms with Gasteiger partial charge in [0.2, 0.25) is 5.58 Å². The first-order chi connectivity index (χ1) is 14.8. The van der Waals surface area contributed by atoms with Crippen LogP contribution >= 0.6 is 0 Å². The first-order valence-corrected chi connectivity index (χ1v) is 9.91. The topological polar surface area (TPSA) is 105 Å². The number of aryl methyl sites for hydroxylation is 1. The fraction of sp³-hybridized carbons (Fsp3) is 0.318. The van der Waals surface area contributed by atoms with Crippen LogP contribution in [-0.4, -0.2) is 31.4 Å². The van der Waals surface area contributed by atoms with Gasteiger partial charge in [0.15, 0.2) is 22.9 Å². The zero-order valence-electron chi connectivity index (χ0n) is 18.0. The molecule has 0 aliphatic carbocycles. The molecule has 160 valence electrons. The quantitative estimate of drug-likeness (QED) is 0.488. The van der Waals surface area contributed by atoms with E-state index in [1.165, 1.54) is 24.9 Å². The van der Waals surface area contributed by atoms with Crippen molar-refractivity contribution >= 4 is 11.1 Å². The molecule has 0 radical (unpaired) electrons. The molecule has 0 amide bonds. The zero-order valence-corrected chi connectivity index (χ0v) is 18.0. The lowest BCUT2D eigenvalue weighted by molar-refractivity contribution is 0.388. The first kappa shape index (κ1) is 20.5. The molecule has 0 unspecified atom stereocenters. The number of fused-ring (bicyclic) bond motifs is 1. The minimum absolute atomic E-state index is 0.00610. The van der Waals surface area contributed by atoms with Crippen LogP contribution < -0.4 is 16.1 Å². The summed E-state index contributed by atoms with van der Waals surface area (Å²) in [5.74, 6) is 0.776. The van der Waals surface area contributed by atoms with Crippen LogP contribution in [0.3, 0.4) is 0 Å². The number of nitrogens with zero attached hydrogens (tertiary/aromatic N) is 5. The summed E-state index contributed by atoms with van der Waals surface area (Å²) in [6.07, 6.45) is 1.43. The van der Waals surface area contributed by atoms with E-state index in [9.17, 15) is 9.59 Å². The summed E-state index contributed by atoms with van der Waals surface area (Å²) in [5.41, 5.74) is 1.52. The second-order valence-electron chi connectivity index (χ2n) is 7.61. The summed E-state index contributed by atoms with van der Waals surface area (Å²) in [6.45, 7) is 5.92. The van der Waals surface area contributed by atoms with Crippen molar-refractivity contribution in [2.24, 2.45) is 7.05 Å². The average Bonchev–Trinajstić information content (AvgIpc) is 3.15. The van der Waals surface area contributed by atoms with Crippen LogP contribution in [0.4, 0.5) is 0 Å². The molecule has 0 saturated carbocycles. The maximum atomic E-state index is 13.0. The van der Waals surface area contributed by atoms with Crippen molar-refractivity contribution < 1.29 is 9.15 Å². The fourth-order valence-corrected chi connectivity index (χ4v) is 3.49. The molecule has 1 atom stereocenters. The van der Waals surface area contributed by atoms with E-state index in [0.29, 0.717) is 17.6 Å². The molecule has 4 rings (SSSR count). The summed E-state index contributed by atoms with van der Waals surface area (Å²) >= 11 is 0. The summed E-state index contributed by atoms with van der Waals surface area (Å²) in [5, 5.41) is 4.45. The molecule has 1 aromatic carbocycles. The van der Waals surface area contributed by atoms with Crippen molar-refractivity contribution in [1.29, 1.82) is 0 Å². The summed E-state index contributed by atoms with van der Waals surface area (Å²) in [7, 11) is 3.20. The number of benzene rings is 1. The first-order valence-electron chi connectivity index (χ1n) is 9.91. The Morgan fingerprint density at radius 2 is 1.90 bits per heavy atom. The Bertz CT molecular complexity index is 1380. The van der Waals surface area contributed by atoms with Crippen molar-refractivity contribution in [3.8, 4) is 17.1 Å². The van der Waals surface area contributed by atoms with Crippen LogP contribution in [0.25, 0.3) is 22.5 Å². The van der Waals surface area contributed by atoms with Crippen LogP contribution in [0, 0.1) is 0 Å². The van der Waals surface area contributed by atoms with Gasteiger partial charge in [0.05, 0.1) is 7.11 Å². The van der Waals surface area contributed by atoms with Crippen LogP contribution in [0.15, 0.2) is 50.5 Å². The van der Waals surface area contributed by atoms with Gasteiger partial charge < -0.3 is 9.15 Å². The lowest BCUT2D eigenvalue weighted by Crippen LogP contribution is -2.36. The van der Waals surface area contributed by atoms with Crippen LogP contribution in [0.2, 0.25) is 0 Å². The predicted molar refractivity (Wildman–Crippen MR) is 115 cm³/mol. The van der Waals surface area contributed by atoms with Gasteiger partial charge in [0.25, 0.3) is 5.56 Å². The number of hydrogen-bond acceptors (Lipinski definition) is 7. The van der Waals surface area contributed by atoms with Gasteiger partial charge in [-0.2, -0.15) is 5.10 Å². The van der Waals surface area contributed by atoms with E-state index in [0.717, 1.165) is 10.1 Å². The number of methoxy groups -OCH3 is 1. The Kier molecular flexibility index (Phi) is 5.18. The van der Waals surface area contributed by atoms with Gasteiger partial charge in [-0.25, -0.2) is 24.0 Å². The average molecular weight is 421 g/mol. The highest BCUT2D eigenvalue weighted by Crippen LogP contribution is 2.25. The number of hydrogen-bond donors (Lipinski definition) is 0. The van der Waals surface area contributed by atoms with Gasteiger partial charge in [0.1, 0.15) is 6.04 Å². The molecule has 0 saturated heterocycles. The van der Waals surface area contributed by atoms with Crippen molar-refractivity contribution in [2.45, 2.75) is 32.7 Å². The highest BCUT2D eigenvalue weighted by atomic mass is 16.5. The van der Waals surface area contributed by atoms with Gasteiger partial charge in [-0.3, -0.25) is 4.79 Å². The molecule has 0 N–H and O–H groups in total. The molecule has 0 aliphatic rings. The molecule has 31 heavy (non-hydrogen) atoms. The maximum absolute atomic E-state index is 13.0. The van der Waals surface area contributed by atoms with E-state index in [1.54, 1.807) is 18.7 Å². The van der Waals surface area contributed by atoms with Gasteiger partial charge in [-0.05, 0) is 24.5 Å².